The summed E-state index contributed by atoms with van der Waals surface area (Å²) in [5.74, 6) is 0.132. The van der Waals surface area contributed by atoms with Crippen LogP contribution in [0.15, 0.2) is 68.9 Å². The minimum absolute atomic E-state index is 0.184. The van der Waals surface area contributed by atoms with Gasteiger partial charge in [0.2, 0.25) is 0 Å². The number of aromatic nitrogens is 1. The van der Waals surface area contributed by atoms with Gasteiger partial charge < -0.3 is 4.74 Å². The molecule has 0 spiro atoms. The molecule has 3 heterocycles. The van der Waals surface area contributed by atoms with Crippen LogP contribution in [0.4, 0.5) is 10.8 Å². The van der Waals surface area contributed by atoms with Gasteiger partial charge in [-0.3, -0.25) is 14.4 Å². The molecule has 0 saturated carbocycles. The monoisotopic (exact) mass is 491 g/mol. The minimum atomic E-state index is -3.59. The number of amides is 1. The Balaban J connectivity index is 1.32. The highest BCUT2D eigenvalue weighted by atomic mass is 32.2. The van der Waals surface area contributed by atoms with Gasteiger partial charge in [-0.25, -0.2) is 13.4 Å². The zero-order valence-electron chi connectivity index (χ0n) is 16.2. The Labute approximate surface area is 191 Å². The van der Waals surface area contributed by atoms with E-state index >= 15 is 0 Å². The first kappa shape index (κ1) is 21.5. The summed E-state index contributed by atoms with van der Waals surface area (Å²) >= 11 is 4.10. The van der Waals surface area contributed by atoms with Gasteiger partial charge in [-0.15, -0.1) is 34.0 Å². The van der Waals surface area contributed by atoms with Crippen molar-refractivity contribution in [3.63, 3.8) is 0 Å². The van der Waals surface area contributed by atoms with Gasteiger partial charge in [0.1, 0.15) is 9.96 Å². The maximum absolute atomic E-state index is 12.6. The van der Waals surface area contributed by atoms with E-state index in [9.17, 15) is 13.2 Å². The molecule has 0 aliphatic rings. The van der Waals surface area contributed by atoms with E-state index in [1.807, 2.05) is 22.9 Å². The Morgan fingerprint density at radius 2 is 1.81 bits per heavy atom. The second kappa shape index (κ2) is 9.18. The van der Waals surface area contributed by atoms with Gasteiger partial charge in [0.25, 0.3) is 15.9 Å². The van der Waals surface area contributed by atoms with Crippen molar-refractivity contribution in [1.82, 2.24) is 4.98 Å². The summed E-state index contributed by atoms with van der Waals surface area (Å²) in [4.78, 5) is 17.6. The third kappa shape index (κ3) is 4.96. The lowest BCUT2D eigenvalue weighted by atomic mass is 10.3. The molecule has 0 fully saturated rings. The zero-order valence-corrected chi connectivity index (χ0v) is 19.5. The molecule has 11 heteroatoms. The topological polar surface area (TPSA) is 88.6 Å². The fourth-order valence-corrected chi connectivity index (χ4v) is 6.45. The van der Waals surface area contributed by atoms with E-state index in [1.54, 1.807) is 53.1 Å². The Morgan fingerprint density at radius 1 is 1.06 bits per heavy atom. The van der Waals surface area contributed by atoms with Crippen LogP contribution in [0.25, 0.3) is 10.6 Å². The number of sulfonamides is 1. The van der Waals surface area contributed by atoms with E-state index in [2.05, 4.69) is 10.3 Å². The molecule has 0 saturated heterocycles. The highest BCUT2D eigenvalue weighted by molar-refractivity contribution is 7.94. The van der Waals surface area contributed by atoms with Crippen LogP contribution in [-0.2, 0) is 14.8 Å². The first-order valence-electron chi connectivity index (χ1n) is 8.98. The van der Waals surface area contributed by atoms with Gasteiger partial charge in [-0.1, -0.05) is 12.1 Å². The number of carbonyl (C=O) groups excluding carboxylic acids is 1. The second-order valence-corrected chi connectivity index (χ2v) is 11.2. The summed E-state index contributed by atoms with van der Waals surface area (Å²) in [6, 6.07) is 13.7. The van der Waals surface area contributed by atoms with E-state index in [0.717, 1.165) is 10.6 Å². The second-order valence-electron chi connectivity index (χ2n) is 6.25. The number of carbonyl (C=O) groups is 1. The van der Waals surface area contributed by atoms with Crippen molar-refractivity contribution >= 4 is 60.8 Å². The van der Waals surface area contributed by atoms with Crippen LogP contribution < -0.4 is 14.4 Å². The molecule has 1 N–H and O–H groups in total. The van der Waals surface area contributed by atoms with Crippen LogP contribution in [0.2, 0.25) is 0 Å². The van der Waals surface area contributed by atoms with Gasteiger partial charge in [0, 0.05) is 12.4 Å². The number of benzene rings is 1. The third-order valence-electron chi connectivity index (χ3n) is 4.20. The van der Waals surface area contributed by atoms with E-state index in [0.29, 0.717) is 16.6 Å². The lowest BCUT2D eigenvalue weighted by Crippen LogP contribution is -2.25. The maximum Gasteiger partial charge on any atom is 0.273 e. The number of hydrogen-bond acceptors (Lipinski definition) is 8. The number of thiazole rings is 1. The van der Waals surface area contributed by atoms with Crippen LogP contribution in [0.3, 0.4) is 0 Å². The van der Waals surface area contributed by atoms with Crippen LogP contribution in [-0.4, -0.2) is 33.0 Å². The van der Waals surface area contributed by atoms with Gasteiger partial charge in [0.05, 0.1) is 16.3 Å². The van der Waals surface area contributed by atoms with Gasteiger partial charge in [-0.05, 0) is 47.2 Å². The lowest BCUT2D eigenvalue weighted by Gasteiger charge is -2.18. The summed E-state index contributed by atoms with van der Waals surface area (Å²) < 4.78 is 32.2. The molecule has 0 bridgehead atoms. The number of thiophene rings is 2. The molecule has 160 valence electrons. The zero-order chi connectivity index (χ0) is 21.8. The van der Waals surface area contributed by atoms with Crippen LogP contribution >= 0.6 is 34.0 Å². The largest absolute Gasteiger partial charge is 0.484 e. The van der Waals surface area contributed by atoms with Gasteiger partial charge in [-0.2, -0.15) is 0 Å². The molecule has 0 aliphatic heterocycles. The molecular weight excluding hydrogens is 475 g/mol. The Bertz CT molecular complexity index is 1250. The number of nitrogens with zero attached hydrogens (tertiary/aromatic N) is 2. The molecule has 1 aromatic carbocycles. The summed E-state index contributed by atoms with van der Waals surface area (Å²) in [7, 11) is -2.10. The molecule has 0 atom stereocenters. The number of hydrogen-bond donors (Lipinski definition) is 1. The Hall–Kier alpha value is -2.73. The fraction of sp³-hybridized carbons (Fsp3) is 0.100. The molecule has 4 rings (SSSR count). The summed E-state index contributed by atoms with van der Waals surface area (Å²) in [5, 5.41) is 8.81. The standard InChI is InChI=1S/C20H17N3O4S4/c1-23(31(25,26)19-5-3-11-29-19)14-6-8-15(9-7-14)27-12-18(24)22-20-21-16(13-30-20)17-4-2-10-28-17/h2-11,13H,12H2,1H3,(H,21,22,24). The molecule has 7 nitrogen and oxygen atoms in total. The fourth-order valence-electron chi connectivity index (χ4n) is 2.61. The molecular formula is C20H17N3O4S4. The first-order valence-corrected chi connectivity index (χ1v) is 13.1. The quantitative estimate of drug-likeness (QED) is 0.383. The molecule has 0 aliphatic carbocycles. The van der Waals surface area contributed by atoms with E-state index < -0.39 is 10.0 Å². The van der Waals surface area contributed by atoms with Crippen molar-refractivity contribution in [3.8, 4) is 16.3 Å². The predicted octanol–water partition coefficient (Wildman–Crippen LogP) is 4.78. The summed E-state index contributed by atoms with van der Waals surface area (Å²) in [6.45, 7) is -0.184. The molecule has 1 amide bonds. The van der Waals surface area contributed by atoms with Crippen molar-refractivity contribution in [2.24, 2.45) is 0 Å². The van der Waals surface area contributed by atoms with Crippen molar-refractivity contribution in [1.29, 1.82) is 0 Å². The summed E-state index contributed by atoms with van der Waals surface area (Å²) in [5.41, 5.74) is 1.32. The number of anilines is 2. The maximum atomic E-state index is 12.6. The van der Waals surface area contributed by atoms with Gasteiger partial charge >= 0.3 is 0 Å². The first-order chi connectivity index (χ1) is 14.9. The summed E-state index contributed by atoms with van der Waals surface area (Å²) in [6.07, 6.45) is 0. The molecule has 3 aromatic heterocycles. The minimum Gasteiger partial charge on any atom is -0.484 e. The Kier molecular flexibility index (Phi) is 6.37. The van der Waals surface area contributed by atoms with Crippen LogP contribution in [0.5, 0.6) is 5.75 Å². The molecule has 0 radical (unpaired) electrons. The smallest absolute Gasteiger partial charge is 0.273 e. The average Bonchev–Trinajstić information content (AvgIpc) is 3.54. The van der Waals surface area contributed by atoms with E-state index in [-0.39, 0.29) is 16.7 Å². The molecule has 31 heavy (non-hydrogen) atoms. The van der Waals surface area contributed by atoms with Crippen molar-refractivity contribution in [2.75, 3.05) is 23.3 Å². The number of rotatable bonds is 8. The van der Waals surface area contributed by atoms with Crippen LogP contribution in [0.1, 0.15) is 0 Å². The third-order valence-corrected chi connectivity index (χ3v) is 9.01. The normalized spacial score (nSPS) is 11.3. The SMILES string of the molecule is CN(c1ccc(OCC(=O)Nc2nc(-c3cccs3)cs2)cc1)S(=O)(=O)c1cccs1. The van der Waals surface area contributed by atoms with E-state index in [1.165, 1.54) is 34.0 Å². The van der Waals surface area contributed by atoms with Crippen molar-refractivity contribution in [3.05, 3.63) is 64.7 Å². The average molecular weight is 492 g/mol. The van der Waals surface area contributed by atoms with Crippen molar-refractivity contribution in [2.45, 2.75) is 4.21 Å². The van der Waals surface area contributed by atoms with E-state index in [4.69, 9.17) is 4.74 Å². The highest BCUT2D eigenvalue weighted by Crippen LogP contribution is 2.29. The van der Waals surface area contributed by atoms with Crippen molar-refractivity contribution < 1.29 is 17.9 Å². The number of ether oxygens (including phenoxy) is 1. The number of nitrogens with one attached hydrogen (secondary N) is 1. The predicted molar refractivity (Wildman–Crippen MR) is 126 cm³/mol. The van der Waals surface area contributed by atoms with Gasteiger partial charge in [0.15, 0.2) is 11.7 Å². The molecule has 0 unspecified atom stereocenters. The molecule has 4 aromatic rings. The lowest BCUT2D eigenvalue weighted by molar-refractivity contribution is -0.118. The Morgan fingerprint density at radius 3 is 2.48 bits per heavy atom. The highest BCUT2D eigenvalue weighted by Gasteiger charge is 2.22. The van der Waals surface area contributed by atoms with Crippen LogP contribution in [0, 0.1) is 0 Å².